The lowest BCUT2D eigenvalue weighted by atomic mass is 10.1. The summed E-state index contributed by atoms with van der Waals surface area (Å²) in [5.74, 6) is -0.825. The van der Waals surface area contributed by atoms with Gasteiger partial charge < -0.3 is 10.4 Å². The molecule has 0 bridgehead atoms. The third-order valence-electron chi connectivity index (χ3n) is 2.86. The van der Waals surface area contributed by atoms with Crippen LogP contribution in [-0.4, -0.2) is 28.1 Å². The van der Waals surface area contributed by atoms with Crippen molar-refractivity contribution in [3.05, 3.63) is 59.2 Å². The van der Waals surface area contributed by atoms with Crippen molar-refractivity contribution in [3.63, 3.8) is 0 Å². The van der Waals surface area contributed by atoms with Crippen molar-refractivity contribution in [3.8, 4) is 0 Å². The number of nitrogens with zero attached hydrogens (tertiary/aromatic N) is 1. The molecule has 1 aromatic heterocycles. The largest absolute Gasteiger partial charge is 0.480 e. The fraction of sp³-hybridized carbons (Fsp3) is 0.133. The smallest absolute Gasteiger partial charge is 0.326 e. The number of carboxylic acids is 1. The summed E-state index contributed by atoms with van der Waals surface area (Å²) in [6.07, 6.45) is 1.58. The van der Waals surface area contributed by atoms with E-state index in [1.165, 1.54) is 12.3 Å². The number of anilines is 1. The van der Waals surface area contributed by atoms with Crippen LogP contribution < -0.4 is 10.6 Å². The van der Waals surface area contributed by atoms with Crippen LogP contribution >= 0.6 is 11.6 Å². The van der Waals surface area contributed by atoms with Crippen molar-refractivity contribution in [1.29, 1.82) is 0 Å². The molecule has 2 amide bonds. The Morgan fingerprint density at radius 1 is 1.18 bits per heavy atom. The van der Waals surface area contributed by atoms with Gasteiger partial charge in [-0.05, 0) is 17.7 Å². The third kappa shape index (κ3) is 4.75. The van der Waals surface area contributed by atoms with E-state index in [0.29, 0.717) is 5.02 Å². The summed E-state index contributed by atoms with van der Waals surface area (Å²) in [5.41, 5.74) is 0.819. The van der Waals surface area contributed by atoms with Gasteiger partial charge in [-0.3, -0.25) is 5.32 Å². The number of hydrogen-bond donors (Lipinski definition) is 3. The first-order chi connectivity index (χ1) is 10.5. The van der Waals surface area contributed by atoms with Gasteiger partial charge in [-0.15, -0.1) is 0 Å². The van der Waals surface area contributed by atoms with Crippen LogP contribution in [0.25, 0.3) is 0 Å². The molecule has 3 N–H and O–H groups in total. The summed E-state index contributed by atoms with van der Waals surface area (Å²) in [6, 6.07) is 10.5. The Kier molecular flexibility index (Phi) is 5.32. The number of aliphatic carboxylic acids is 1. The van der Waals surface area contributed by atoms with Crippen molar-refractivity contribution in [2.45, 2.75) is 12.5 Å². The molecule has 0 radical (unpaired) electrons. The van der Waals surface area contributed by atoms with Gasteiger partial charge in [0.2, 0.25) is 0 Å². The topological polar surface area (TPSA) is 91.3 Å². The van der Waals surface area contributed by atoms with E-state index >= 15 is 0 Å². The first kappa shape index (κ1) is 15.8. The van der Waals surface area contributed by atoms with Crippen LogP contribution in [0.4, 0.5) is 10.6 Å². The summed E-state index contributed by atoms with van der Waals surface area (Å²) in [4.78, 5) is 27.0. The zero-order valence-corrected chi connectivity index (χ0v) is 12.2. The summed E-state index contributed by atoms with van der Waals surface area (Å²) in [6.45, 7) is 0. The number of nitrogens with one attached hydrogen (secondary N) is 2. The maximum Gasteiger partial charge on any atom is 0.326 e. The molecular weight excluding hydrogens is 306 g/mol. The van der Waals surface area contributed by atoms with Crippen molar-refractivity contribution < 1.29 is 14.7 Å². The van der Waals surface area contributed by atoms with Crippen LogP contribution in [-0.2, 0) is 11.2 Å². The Bertz CT molecular complexity index is 647. The monoisotopic (exact) mass is 319 g/mol. The van der Waals surface area contributed by atoms with Gasteiger partial charge in [-0.1, -0.05) is 41.9 Å². The van der Waals surface area contributed by atoms with Crippen LogP contribution in [0.3, 0.4) is 0 Å². The molecule has 1 unspecified atom stereocenters. The van der Waals surface area contributed by atoms with Gasteiger partial charge in [-0.2, -0.15) is 0 Å². The summed E-state index contributed by atoms with van der Waals surface area (Å²) < 4.78 is 0. The van der Waals surface area contributed by atoms with E-state index < -0.39 is 18.0 Å². The van der Waals surface area contributed by atoms with Crippen molar-refractivity contribution in [2.75, 3.05) is 5.32 Å². The Balaban J connectivity index is 1.97. The standard InChI is InChI=1S/C15H14ClN3O3/c16-11-6-7-13(17-9-11)19-15(22)18-12(14(20)21)8-10-4-2-1-3-5-10/h1-7,9,12H,8H2,(H,20,21)(H2,17,18,19,22). The highest BCUT2D eigenvalue weighted by Gasteiger charge is 2.20. The number of urea groups is 1. The highest BCUT2D eigenvalue weighted by molar-refractivity contribution is 6.30. The number of hydrogen-bond acceptors (Lipinski definition) is 3. The van der Waals surface area contributed by atoms with Gasteiger partial charge in [0, 0.05) is 12.6 Å². The van der Waals surface area contributed by atoms with E-state index in [1.807, 2.05) is 18.2 Å². The van der Waals surface area contributed by atoms with Crippen molar-refractivity contribution >= 4 is 29.4 Å². The molecule has 0 aliphatic carbocycles. The van der Waals surface area contributed by atoms with E-state index in [1.54, 1.807) is 18.2 Å². The Hall–Kier alpha value is -2.60. The van der Waals surface area contributed by atoms with E-state index in [-0.39, 0.29) is 12.2 Å². The SMILES string of the molecule is O=C(Nc1ccc(Cl)cn1)NC(Cc1ccccc1)C(=O)O. The number of benzene rings is 1. The number of carbonyl (C=O) groups is 2. The van der Waals surface area contributed by atoms with Crippen LogP contribution in [0.2, 0.25) is 5.02 Å². The molecule has 0 aliphatic rings. The lowest BCUT2D eigenvalue weighted by molar-refractivity contribution is -0.139. The number of halogens is 1. The zero-order valence-electron chi connectivity index (χ0n) is 11.5. The molecule has 2 rings (SSSR count). The molecule has 0 spiro atoms. The lowest BCUT2D eigenvalue weighted by Gasteiger charge is -2.15. The van der Waals surface area contributed by atoms with E-state index in [2.05, 4.69) is 15.6 Å². The number of rotatable bonds is 5. The van der Waals surface area contributed by atoms with E-state index in [4.69, 9.17) is 11.6 Å². The summed E-state index contributed by atoms with van der Waals surface area (Å²) in [7, 11) is 0. The Morgan fingerprint density at radius 3 is 2.50 bits per heavy atom. The van der Waals surface area contributed by atoms with Crippen LogP contribution in [0, 0.1) is 0 Å². The molecule has 0 saturated heterocycles. The second kappa shape index (κ2) is 7.42. The van der Waals surface area contributed by atoms with Gasteiger partial charge in [0.1, 0.15) is 11.9 Å². The predicted molar refractivity (Wildman–Crippen MR) is 83.0 cm³/mol. The number of amides is 2. The zero-order chi connectivity index (χ0) is 15.9. The first-order valence-corrected chi connectivity index (χ1v) is 6.88. The number of aromatic nitrogens is 1. The highest BCUT2D eigenvalue weighted by Crippen LogP contribution is 2.09. The fourth-order valence-electron chi connectivity index (χ4n) is 1.81. The summed E-state index contributed by atoms with van der Waals surface area (Å²) >= 11 is 5.70. The van der Waals surface area contributed by atoms with Crippen LogP contribution in [0.1, 0.15) is 5.56 Å². The Labute approximate surface area is 132 Å². The third-order valence-corrected chi connectivity index (χ3v) is 3.08. The van der Waals surface area contributed by atoms with E-state index in [0.717, 1.165) is 5.56 Å². The number of carboxylic acid groups (broad SMARTS) is 1. The molecule has 1 aromatic carbocycles. The van der Waals surface area contributed by atoms with Gasteiger partial charge in [-0.25, -0.2) is 14.6 Å². The van der Waals surface area contributed by atoms with Crippen molar-refractivity contribution in [1.82, 2.24) is 10.3 Å². The molecule has 22 heavy (non-hydrogen) atoms. The second-order valence-electron chi connectivity index (χ2n) is 4.54. The molecule has 6 nitrogen and oxygen atoms in total. The summed E-state index contributed by atoms with van der Waals surface area (Å²) in [5, 5.41) is 14.5. The molecule has 0 aliphatic heterocycles. The average molecular weight is 320 g/mol. The molecule has 0 saturated carbocycles. The highest BCUT2D eigenvalue weighted by atomic mass is 35.5. The predicted octanol–water partition coefficient (Wildman–Crippen LogP) is 2.55. The van der Waals surface area contributed by atoms with Gasteiger partial charge in [0.25, 0.3) is 0 Å². The minimum atomic E-state index is -1.11. The fourth-order valence-corrected chi connectivity index (χ4v) is 1.92. The average Bonchev–Trinajstić information content (AvgIpc) is 2.50. The van der Waals surface area contributed by atoms with E-state index in [9.17, 15) is 14.7 Å². The number of carbonyl (C=O) groups excluding carboxylic acids is 1. The molecular formula is C15H14ClN3O3. The minimum absolute atomic E-state index is 0.192. The molecule has 0 fully saturated rings. The molecule has 2 aromatic rings. The van der Waals surface area contributed by atoms with Crippen LogP contribution in [0.15, 0.2) is 48.7 Å². The second-order valence-corrected chi connectivity index (χ2v) is 4.98. The first-order valence-electron chi connectivity index (χ1n) is 6.50. The molecule has 1 atom stereocenters. The van der Waals surface area contributed by atoms with Crippen LogP contribution in [0.5, 0.6) is 0 Å². The lowest BCUT2D eigenvalue weighted by Crippen LogP contribution is -2.44. The minimum Gasteiger partial charge on any atom is -0.480 e. The normalized spacial score (nSPS) is 11.5. The quantitative estimate of drug-likeness (QED) is 0.789. The molecule has 7 heteroatoms. The van der Waals surface area contributed by atoms with Gasteiger partial charge >= 0.3 is 12.0 Å². The maximum atomic E-state index is 11.8. The maximum absolute atomic E-state index is 11.8. The molecule has 114 valence electrons. The van der Waals surface area contributed by atoms with Gasteiger partial charge in [0.15, 0.2) is 0 Å². The number of pyridine rings is 1. The molecule has 1 heterocycles. The Morgan fingerprint density at radius 2 is 1.91 bits per heavy atom. The van der Waals surface area contributed by atoms with Gasteiger partial charge in [0.05, 0.1) is 5.02 Å². The van der Waals surface area contributed by atoms with Crippen molar-refractivity contribution in [2.24, 2.45) is 0 Å².